The molecule has 136 valence electrons. The van der Waals surface area contributed by atoms with Crippen molar-refractivity contribution in [3.63, 3.8) is 0 Å². The lowest BCUT2D eigenvalue weighted by Crippen LogP contribution is -2.23. The molecule has 0 radical (unpaired) electrons. The van der Waals surface area contributed by atoms with Crippen molar-refractivity contribution in [1.82, 2.24) is 10.2 Å². The Morgan fingerprint density at radius 1 is 1.04 bits per heavy atom. The van der Waals surface area contributed by atoms with Gasteiger partial charge in [-0.25, -0.2) is 0 Å². The summed E-state index contributed by atoms with van der Waals surface area (Å²) in [5.74, 6) is 1.24. The first kappa shape index (κ1) is 19.6. The number of nitrogens with zero attached hydrogens (tertiary/aromatic N) is 1. The highest BCUT2D eigenvalue weighted by atomic mass is 35.5. The monoisotopic (exact) mass is 362 g/mol. The van der Waals surface area contributed by atoms with Gasteiger partial charge in [-0.2, -0.15) is 0 Å². The van der Waals surface area contributed by atoms with Gasteiger partial charge in [-0.3, -0.25) is 0 Å². The zero-order valence-corrected chi connectivity index (χ0v) is 16.0. The number of halogens is 1. The second kappa shape index (κ2) is 10.3. The summed E-state index contributed by atoms with van der Waals surface area (Å²) in [6.07, 6.45) is 1.08. The van der Waals surface area contributed by atoms with Gasteiger partial charge in [0.1, 0.15) is 0 Å². The molecule has 0 unspecified atom stereocenters. The van der Waals surface area contributed by atoms with Gasteiger partial charge in [-0.15, -0.1) is 0 Å². The van der Waals surface area contributed by atoms with Crippen LogP contribution in [0.4, 0.5) is 0 Å². The summed E-state index contributed by atoms with van der Waals surface area (Å²) in [5.41, 5.74) is 2.35. The molecule has 0 aliphatic rings. The Morgan fingerprint density at radius 3 is 2.48 bits per heavy atom. The molecule has 5 heteroatoms. The molecule has 0 heterocycles. The molecule has 2 rings (SSSR count). The van der Waals surface area contributed by atoms with Crippen LogP contribution in [-0.4, -0.2) is 39.3 Å². The third-order valence-electron chi connectivity index (χ3n) is 4.07. The maximum absolute atomic E-state index is 6.39. The average Bonchev–Trinajstić information content (AvgIpc) is 2.63. The van der Waals surface area contributed by atoms with E-state index < -0.39 is 0 Å². The predicted molar refractivity (Wildman–Crippen MR) is 104 cm³/mol. The molecule has 1 N–H and O–H groups in total. The van der Waals surface area contributed by atoms with Gasteiger partial charge in [0.15, 0.2) is 11.5 Å². The molecule has 0 saturated carbocycles. The summed E-state index contributed by atoms with van der Waals surface area (Å²) in [7, 11) is 5.36. The summed E-state index contributed by atoms with van der Waals surface area (Å²) >= 11 is 6.39. The van der Waals surface area contributed by atoms with Crippen LogP contribution < -0.4 is 14.8 Å². The van der Waals surface area contributed by atoms with E-state index in [0.29, 0.717) is 23.1 Å². The summed E-state index contributed by atoms with van der Waals surface area (Å²) in [5, 5.41) is 4.05. The van der Waals surface area contributed by atoms with Crippen LogP contribution in [0.15, 0.2) is 42.5 Å². The molecule has 0 spiro atoms. The smallest absolute Gasteiger partial charge is 0.179 e. The first-order valence-electron chi connectivity index (χ1n) is 8.48. The number of ether oxygens (including phenoxy) is 2. The van der Waals surface area contributed by atoms with Crippen LogP contribution >= 0.6 is 11.6 Å². The van der Waals surface area contributed by atoms with E-state index in [1.165, 1.54) is 5.56 Å². The number of nitrogens with one attached hydrogen (secondary N) is 1. The predicted octanol–water partition coefficient (Wildman–Crippen LogP) is 3.97. The van der Waals surface area contributed by atoms with Gasteiger partial charge in [-0.05, 0) is 43.8 Å². The maximum Gasteiger partial charge on any atom is 0.179 e. The van der Waals surface area contributed by atoms with Gasteiger partial charge < -0.3 is 19.7 Å². The lowest BCUT2D eigenvalue weighted by molar-refractivity contribution is 0.319. The van der Waals surface area contributed by atoms with Crippen LogP contribution in [0.1, 0.15) is 17.5 Å². The standard InChI is InChI=1S/C20H27ClN2O2/c1-23(15-16-8-5-4-6-9-16)13-7-12-22-14-17-10-11-18(24-2)20(25-3)19(17)21/h4-6,8-11,22H,7,12-15H2,1-3H3. The van der Waals surface area contributed by atoms with Crippen LogP contribution in [0.3, 0.4) is 0 Å². The second-order valence-electron chi connectivity index (χ2n) is 6.03. The van der Waals surface area contributed by atoms with Gasteiger partial charge in [0.2, 0.25) is 0 Å². The zero-order valence-electron chi connectivity index (χ0n) is 15.2. The van der Waals surface area contributed by atoms with Crippen molar-refractivity contribution in [2.75, 3.05) is 34.4 Å². The van der Waals surface area contributed by atoms with Crippen molar-refractivity contribution in [1.29, 1.82) is 0 Å². The van der Waals surface area contributed by atoms with E-state index in [1.54, 1.807) is 14.2 Å². The summed E-state index contributed by atoms with van der Waals surface area (Å²) in [4.78, 5) is 2.33. The Bertz CT molecular complexity index is 650. The molecule has 2 aromatic rings. The molecule has 25 heavy (non-hydrogen) atoms. The molecule has 4 nitrogen and oxygen atoms in total. The van der Waals surface area contributed by atoms with Crippen molar-refractivity contribution in [3.8, 4) is 11.5 Å². The van der Waals surface area contributed by atoms with Crippen LogP contribution in [0.25, 0.3) is 0 Å². The average molecular weight is 363 g/mol. The number of methoxy groups -OCH3 is 2. The Morgan fingerprint density at radius 2 is 1.80 bits per heavy atom. The molecule has 0 aromatic heterocycles. The van der Waals surface area contributed by atoms with Gasteiger partial charge in [-0.1, -0.05) is 48.0 Å². The third kappa shape index (κ3) is 5.92. The van der Waals surface area contributed by atoms with Crippen molar-refractivity contribution < 1.29 is 9.47 Å². The normalized spacial score (nSPS) is 10.9. The van der Waals surface area contributed by atoms with Gasteiger partial charge in [0, 0.05) is 13.1 Å². The SMILES string of the molecule is COc1ccc(CNCCCN(C)Cc2ccccc2)c(Cl)c1OC. The fourth-order valence-electron chi connectivity index (χ4n) is 2.74. The van der Waals surface area contributed by atoms with Gasteiger partial charge in [0.05, 0.1) is 19.2 Å². The Hall–Kier alpha value is -1.75. The molecule has 0 aliphatic heterocycles. The van der Waals surface area contributed by atoms with E-state index in [4.69, 9.17) is 21.1 Å². The fourth-order valence-corrected chi connectivity index (χ4v) is 3.04. The highest BCUT2D eigenvalue weighted by molar-refractivity contribution is 6.33. The van der Waals surface area contributed by atoms with E-state index in [9.17, 15) is 0 Å². The minimum Gasteiger partial charge on any atom is -0.493 e. The molecule has 0 amide bonds. The van der Waals surface area contributed by atoms with Crippen LogP contribution in [0.2, 0.25) is 5.02 Å². The first-order chi connectivity index (χ1) is 12.2. The van der Waals surface area contributed by atoms with Gasteiger partial charge in [0.25, 0.3) is 0 Å². The highest BCUT2D eigenvalue weighted by Crippen LogP contribution is 2.37. The molecule has 0 saturated heterocycles. The molecule has 0 fully saturated rings. The Balaban J connectivity index is 1.72. The van der Waals surface area contributed by atoms with Crippen molar-refractivity contribution >= 4 is 11.6 Å². The molecule has 0 atom stereocenters. The molecular formula is C20H27ClN2O2. The van der Waals surface area contributed by atoms with E-state index in [-0.39, 0.29) is 0 Å². The van der Waals surface area contributed by atoms with Crippen LogP contribution in [0, 0.1) is 0 Å². The minimum absolute atomic E-state index is 0.589. The molecule has 2 aromatic carbocycles. The topological polar surface area (TPSA) is 33.7 Å². The van der Waals surface area contributed by atoms with E-state index in [2.05, 4.69) is 41.5 Å². The van der Waals surface area contributed by atoms with Gasteiger partial charge >= 0.3 is 0 Å². The quantitative estimate of drug-likeness (QED) is 0.648. The van der Waals surface area contributed by atoms with E-state index in [0.717, 1.165) is 31.6 Å². The summed E-state index contributed by atoms with van der Waals surface area (Å²) < 4.78 is 10.6. The van der Waals surface area contributed by atoms with Crippen molar-refractivity contribution in [2.45, 2.75) is 19.5 Å². The van der Waals surface area contributed by atoms with Crippen LogP contribution in [-0.2, 0) is 13.1 Å². The Kier molecular flexibility index (Phi) is 8.06. The first-order valence-corrected chi connectivity index (χ1v) is 8.86. The number of benzene rings is 2. The van der Waals surface area contributed by atoms with Crippen molar-refractivity contribution in [3.05, 3.63) is 58.6 Å². The van der Waals surface area contributed by atoms with E-state index in [1.807, 2.05) is 18.2 Å². The second-order valence-corrected chi connectivity index (χ2v) is 6.41. The van der Waals surface area contributed by atoms with Crippen molar-refractivity contribution in [2.24, 2.45) is 0 Å². The van der Waals surface area contributed by atoms with Crippen LogP contribution in [0.5, 0.6) is 11.5 Å². The number of hydrogen-bond donors (Lipinski definition) is 1. The lowest BCUT2D eigenvalue weighted by Gasteiger charge is -2.17. The molecule has 0 bridgehead atoms. The minimum atomic E-state index is 0.589. The largest absolute Gasteiger partial charge is 0.493 e. The zero-order chi connectivity index (χ0) is 18.1. The summed E-state index contributed by atoms with van der Waals surface area (Å²) in [6.45, 7) is 3.66. The summed E-state index contributed by atoms with van der Waals surface area (Å²) in [6, 6.07) is 14.4. The number of rotatable bonds is 10. The fraction of sp³-hybridized carbons (Fsp3) is 0.400. The highest BCUT2D eigenvalue weighted by Gasteiger charge is 2.12. The molecule has 0 aliphatic carbocycles. The third-order valence-corrected chi connectivity index (χ3v) is 4.48. The lowest BCUT2D eigenvalue weighted by atomic mass is 10.2. The van der Waals surface area contributed by atoms with E-state index >= 15 is 0 Å². The maximum atomic E-state index is 6.39. The Labute approximate surface area is 155 Å². The molecular weight excluding hydrogens is 336 g/mol. The number of hydrogen-bond acceptors (Lipinski definition) is 4.